The maximum atomic E-state index is 13.3. The molecule has 1 aromatic heterocycles. The van der Waals surface area contributed by atoms with E-state index in [1.807, 2.05) is 24.1 Å². The molecule has 0 N–H and O–H groups in total. The quantitative estimate of drug-likeness (QED) is 0.730. The molecule has 0 atom stereocenters. The molecule has 0 radical (unpaired) electrons. The minimum atomic E-state index is 0.0637. The summed E-state index contributed by atoms with van der Waals surface area (Å²) >= 11 is 1.63. The van der Waals surface area contributed by atoms with Crippen LogP contribution >= 0.6 is 11.3 Å². The van der Waals surface area contributed by atoms with Gasteiger partial charge in [-0.05, 0) is 38.5 Å². The maximum absolute atomic E-state index is 13.3. The van der Waals surface area contributed by atoms with Crippen molar-refractivity contribution >= 4 is 23.2 Å². The summed E-state index contributed by atoms with van der Waals surface area (Å²) in [6, 6.07) is 0.871. The number of carbonyl (C=O) groups excluding carboxylic acids is 2. The van der Waals surface area contributed by atoms with Crippen LogP contribution in [0, 0.1) is 5.92 Å². The molecule has 2 aliphatic carbocycles. The second kappa shape index (κ2) is 8.52. The number of amides is 2. The molecule has 154 valence electrons. The van der Waals surface area contributed by atoms with Crippen molar-refractivity contribution in [2.75, 3.05) is 13.1 Å². The Labute approximate surface area is 172 Å². The smallest absolute Gasteiger partial charge is 0.273 e. The van der Waals surface area contributed by atoms with Crippen LogP contribution in [-0.2, 0) is 4.79 Å². The lowest BCUT2D eigenvalue weighted by atomic mass is 9.94. The van der Waals surface area contributed by atoms with Crippen LogP contribution in [0.15, 0.2) is 5.38 Å². The van der Waals surface area contributed by atoms with Crippen molar-refractivity contribution in [2.24, 2.45) is 5.92 Å². The Kier molecular flexibility index (Phi) is 6.04. The number of nitrogens with zero attached hydrogens (tertiary/aromatic N) is 3. The monoisotopic (exact) mass is 403 g/mol. The molecule has 1 aromatic rings. The second-order valence-electron chi connectivity index (χ2n) is 9.06. The van der Waals surface area contributed by atoms with Gasteiger partial charge in [0.05, 0.1) is 5.01 Å². The maximum Gasteiger partial charge on any atom is 0.273 e. The fraction of sp³-hybridized carbons (Fsp3) is 0.773. The van der Waals surface area contributed by atoms with Crippen molar-refractivity contribution in [1.29, 1.82) is 0 Å². The molecule has 1 saturated heterocycles. The zero-order chi connectivity index (χ0) is 19.7. The van der Waals surface area contributed by atoms with Crippen molar-refractivity contribution in [3.63, 3.8) is 0 Å². The standard InChI is InChI=1S/C22H33N3O2S/c1-15(2)21(26)24-12-10-16(11-13-24)20-23-19(14-28-20)22(27)25(18-8-9-18)17-6-4-3-5-7-17/h14-18H,3-13H2,1-2H3. The Balaban J connectivity index is 1.40. The number of hydrogen-bond donors (Lipinski definition) is 0. The summed E-state index contributed by atoms with van der Waals surface area (Å²) in [5.74, 6) is 0.853. The van der Waals surface area contributed by atoms with E-state index in [1.165, 1.54) is 19.3 Å². The van der Waals surface area contributed by atoms with Gasteiger partial charge in [-0.2, -0.15) is 0 Å². The van der Waals surface area contributed by atoms with Crippen LogP contribution in [0.2, 0.25) is 0 Å². The molecule has 2 amide bonds. The zero-order valence-electron chi connectivity index (χ0n) is 17.2. The SMILES string of the molecule is CC(C)C(=O)N1CCC(c2nc(C(=O)N(C3CCCCC3)C3CC3)cs2)CC1. The summed E-state index contributed by atoms with van der Waals surface area (Å²) < 4.78 is 0. The number of piperidine rings is 1. The molecular formula is C22H33N3O2S. The first kappa shape index (κ1) is 19.9. The third kappa shape index (κ3) is 4.27. The molecule has 1 aliphatic heterocycles. The van der Waals surface area contributed by atoms with E-state index in [-0.39, 0.29) is 17.7 Å². The number of likely N-dealkylation sites (tertiary alicyclic amines) is 1. The van der Waals surface area contributed by atoms with Crippen LogP contribution in [0.1, 0.15) is 93.0 Å². The fourth-order valence-corrected chi connectivity index (χ4v) is 5.72. The van der Waals surface area contributed by atoms with E-state index in [0.717, 1.165) is 56.6 Å². The van der Waals surface area contributed by atoms with Crippen LogP contribution in [0.3, 0.4) is 0 Å². The molecule has 0 unspecified atom stereocenters. The average molecular weight is 404 g/mol. The van der Waals surface area contributed by atoms with Gasteiger partial charge in [0.25, 0.3) is 5.91 Å². The Morgan fingerprint density at radius 3 is 2.29 bits per heavy atom. The van der Waals surface area contributed by atoms with Gasteiger partial charge in [0.15, 0.2) is 0 Å². The number of rotatable bonds is 5. The van der Waals surface area contributed by atoms with Crippen molar-refractivity contribution in [3.8, 4) is 0 Å². The van der Waals surface area contributed by atoms with Gasteiger partial charge in [-0.1, -0.05) is 33.1 Å². The lowest BCUT2D eigenvalue weighted by Crippen LogP contribution is -2.43. The molecule has 0 spiro atoms. The summed E-state index contributed by atoms with van der Waals surface area (Å²) in [5.41, 5.74) is 0.651. The molecule has 3 aliphatic rings. The van der Waals surface area contributed by atoms with Gasteiger partial charge in [0, 0.05) is 42.4 Å². The fourth-order valence-electron chi connectivity index (χ4n) is 4.76. The largest absolute Gasteiger partial charge is 0.342 e. The highest BCUT2D eigenvalue weighted by molar-refractivity contribution is 7.09. The van der Waals surface area contributed by atoms with Crippen molar-refractivity contribution in [3.05, 3.63) is 16.1 Å². The molecular weight excluding hydrogens is 370 g/mol. The van der Waals surface area contributed by atoms with Crippen molar-refractivity contribution < 1.29 is 9.59 Å². The molecule has 28 heavy (non-hydrogen) atoms. The van der Waals surface area contributed by atoms with Crippen molar-refractivity contribution in [2.45, 2.75) is 89.6 Å². The van der Waals surface area contributed by atoms with Gasteiger partial charge in [-0.3, -0.25) is 9.59 Å². The van der Waals surface area contributed by atoms with E-state index in [2.05, 4.69) is 4.90 Å². The molecule has 4 rings (SSSR count). The van der Waals surface area contributed by atoms with E-state index in [0.29, 0.717) is 23.7 Å². The van der Waals surface area contributed by atoms with Crippen LogP contribution in [0.4, 0.5) is 0 Å². The molecule has 0 aromatic carbocycles. The van der Waals surface area contributed by atoms with Crippen molar-refractivity contribution in [1.82, 2.24) is 14.8 Å². The normalized spacial score (nSPS) is 21.9. The predicted molar refractivity (Wildman–Crippen MR) is 112 cm³/mol. The van der Waals surface area contributed by atoms with Gasteiger partial charge in [0.1, 0.15) is 5.69 Å². The topological polar surface area (TPSA) is 53.5 Å². The number of thiazole rings is 1. The third-order valence-corrected chi connectivity index (χ3v) is 7.54. The first-order chi connectivity index (χ1) is 13.5. The number of carbonyl (C=O) groups is 2. The summed E-state index contributed by atoms with van der Waals surface area (Å²) in [7, 11) is 0. The van der Waals surface area contributed by atoms with E-state index < -0.39 is 0 Å². The minimum absolute atomic E-state index is 0.0637. The van der Waals surface area contributed by atoms with Crippen LogP contribution < -0.4 is 0 Å². The Bertz CT molecular complexity index is 698. The van der Waals surface area contributed by atoms with Crippen LogP contribution in [0.5, 0.6) is 0 Å². The highest BCUT2D eigenvalue weighted by Crippen LogP contribution is 2.36. The van der Waals surface area contributed by atoms with Gasteiger partial charge in [0.2, 0.25) is 5.91 Å². The first-order valence-corrected chi connectivity index (χ1v) is 12.0. The predicted octanol–water partition coefficient (Wildman–Crippen LogP) is 4.44. The highest BCUT2D eigenvalue weighted by Gasteiger charge is 2.39. The molecule has 6 heteroatoms. The molecule has 0 bridgehead atoms. The minimum Gasteiger partial charge on any atom is -0.342 e. The highest BCUT2D eigenvalue weighted by atomic mass is 32.1. The Hall–Kier alpha value is -1.43. The second-order valence-corrected chi connectivity index (χ2v) is 9.95. The van der Waals surface area contributed by atoms with Gasteiger partial charge < -0.3 is 9.80 Å². The summed E-state index contributed by atoms with van der Waals surface area (Å²) in [6.07, 6.45) is 10.3. The molecule has 2 saturated carbocycles. The van der Waals surface area contributed by atoms with Gasteiger partial charge >= 0.3 is 0 Å². The van der Waals surface area contributed by atoms with E-state index >= 15 is 0 Å². The summed E-state index contributed by atoms with van der Waals surface area (Å²) in [6.45, 7) is 5.54. The number of aromatic nitrogens is 1. The van der Waals surface area contributed by atoms with Gasteiger partial charge in [-0.15, -0.1) is 11.3 Å². The molecule has 3 fully saturated rings. The summed E-state index contributed by atoms with van der Waals surface area (Å²) in [4.78, 5) is 34.4. The third-order valence-electron chi connectivity index (χ3n) is 6.53. The lowest BCUT2D eigenvalue weighted by Gasteiger charge is -2.34. The Morgan fingerprint density at radius 1 is 1.04 bits per heavy atom. The van der Waals surface area contributed by atoms with Crippen LogP contribution in [0.25, 0.3) is 0 Å². The van der Waals surface area contributed by atoms with Gasteiger partial charge in [-0.25, -0.2) is 4.98 Å². The number of hydrogen-bond acceptors (Lipinski definition) is 4. The molecule has 2 heterocycles. The lowest BCUT2D eigenvalue weighted by molar-refractivity contribution is -0.135. The zero-order valence-corrected chi connectivity index (χ0v) is 18.0. The van der Waals surface area contributed by atoms with E-state index in [4.69, 9.17) is 4.98 Å². The average Bonchev–Trinajstić information content (AvgIpc) is 3.42. The Morgan fingerprint density at radius 2 is 1.68 bits per heavy atom. The molecule has 5 nitrogen and oxygen atoms in total. The van der Waals surface area contributed by atoms with E-state index in [9.17, 15) is 9.59 Å². The van der Waals surface area contributed by atoms with Crippen LogP contribution in [-0.4, -0.2) is 51.8 Å². The van der Waals surface area contributed by atoms with E-state index in [1.54, 1.807) is 11.3 Å². The summed E-state index contributed by atoms with van der Waals surface area (Å²) in [5, 5.41) is 3.06. The first-order valence-electron chi connectivity index (χ1n) is 11.1.